The third kappa shape index (κ3) is 0.419. The third-order valence-electron chi connectivity index (χ3n) is 6.78. The molecule has 16 heavy (non-hydrogen) atoms. The summed E-state index contributed by atoms with van der Waals surface area (Å²) in [4.78, 5) is 0. The van der Waals surface area contributed by atoms with Gasteiger partial charge in [0.15, 0.2) is 0 Å². The number of benzene rings is 1. The van der Waals surface area contributed by atoms with Crippen molar-refractivity contribution in [1.29, 1.82) is 0 Å². The zero-order chi connectivity index (χ0) is 10.2. The van der Waals surface area contributed by atoms with Gasteiger partial charge in [-0.25, -0.2) is 0 Å². The lowest BCUT2D eigenvalue weighted by Gasteiger charge is -2.92. The number of hydrogen-bond donors (Lipinski definition) is 0. The molecule has 0 saturated heterocycles. The molecule has 0 radical (unpaired) electrons. The summed E-state index contributed by atoms with van der Waals surface area (Å²) in [5, 5.41) is 0. The van der Waals surface area contributed by atoms with Gasteiger partial charge in [-0.15, -0.1) is 0 Å². The minimum atomic E-state index is 0.904. The fourth-order valence-electron chi connectivity index (χ4n) is 6.60. The fourth-order valence-corrected chi connectivity index (χ4v) is 6.60. The van der Waals surface area contributed by atoms with Crippen LogP contribution in [0.25, 0.3) is 0 Å². The summed E-state index contributed by atoms with van der Waals surface area (Å²) in [6.07, 6.45) is 0. The van der Waals surface area contributed by atoms with Crippen molar-refractivity contribution in [3.05, 3.63) is 29.3 Å². The molecule has 0 spiro atoms. The van der Waals surface area contributed by atoms with Crippen molar-refractivity contribution >= 4 is 0 Å². The molecule has 6 aliphatic rings. The van der Waals surface area contributed by atoms with Gasteiger partial charge in [0, 0.05) is 5.56 Å². The van der Waals surface area contributed by atoms with Gasteiger partial charge >= 0.3 is 0 Å². The van der Waals surface area contributed by atoms with Crippen molar-refractivity contribution < 1.29 is 4.74 Å². The summed E-state index contributed by atoms with van der Waals surface area (Å²) >= 11 is 0. The average molecular weight is 210 g/mol. The van der Waals surface area contributed by atoms with Gasteiger partial charge in [-0.05, 0) is 59.0 Å². The molecule has 6 aliphatic carbocycles. The molecular formula is C15H14O. The van der Waals surface area contributed by atoms with Crippen molar-refractivity contribution in [2.24, 2.45) is 35.5 Å². The molecule has 4 unspecified atom stereocenters. The standard InChI is InChI=1S/C15H14O/c1-16-6-4-2-3-5-7(6)9-12-10-8(5)11-13(9)15(12)14(10)11/h2-4,8-15H,1H3/t8?,9?,10-,11+,12-,13-,14?,15?/m1/s1. The van der Waals surface area contributed by atoms with Crippen LogP contribution in [-0.4, -0.2) is 7.11 Å². The molecule has 4 saturated carbocycles. The molecule has 1 nitrogen and oxygen atoms in total. The Morgan fingerprint density at radius 2 is 1.56 bits per heavy atom. The van der Waals surface area contributed by atoms with Gasteiger partial charge < -0.3 is 4.74 Å². The Morgan fingerprint density at radius 1 is 0.875 bits per heavy atom. The zero-order valence-electron chi connectivity index (χ0n) is 9.26. The highest BCUT2D eigenvalue weighted by Crippen LogP contribution is 2.94. The smallest absolute Gasteiger partial charge is 0.122 e. The van der Waals surface area contributed by atoms with Gasteiger partial charge in [0.2, 0.25) is 0 Å². The third-order valence-corrected chi connectivity index (χ3v) is 6.78. The van der Waals surface area contributed by atoms with E-state index in [0.29, 0.717) is 0 Å². The maximum absolute atomic E-state index is 5.59. The highest BCUT2D eigenvalue weighted by Gasteiger charge is 2.89. The van der Waals surface area contributed by atoms with Crippen molar-refractivity contribution in [3.63, 3.8) is 0 Å². The van der Waals surface area contributed by atoms with Crippen LogP contribution in [0, 0.1) is 35.5 Å². The second-order valence-corrected chi connectivity index (χ2v) is 6.48. The van der Waals surface area contributed by atoms with Crippen molar-refractivity contribution in [2.45, 2.75) is 11.8 Å². The van der Waals surface area contributed by atoms with E-state index in [1.165, 1.54) is 11.7 Å². The second-order valence-electron chi connectivity index (χ2n) is 6.48. The summed E-state index contributed by atoms with van der Waals surface area (Å²) < 4.78 is 5.59. The van der Waals surface area contributed by atoms with Gasteiger partial charge in [-0.1, -0.05) is 12.1 Å². The molecule has 1 aromatic carbocycles. The maximum atomic E-state index is 5.59. The summed E-state index contributed by atoms with van der Waals surface area (Å²) in [6.45, 7) is 0. The number of hydrogen-bond acceptors (Lipinski definition) is 1. The summed E-state index contributed by atoms with van der Waals surface area (Å²) in [5.74, 6) is 9.72. The van der Waals surface area contributed by atoms with Gasteiger partial charge in [-0.2, -0.15) is 0 Å². The lowest BCUT2D eigenvalue weighted by molar-refractivity contribution is -0.407. The van der Waals surface area contributed by atoms with E-state index < -0.39 is 0 Å². The molecule has 7 rings (SSSR count). The first-order chi connectivity index (χ1) is 7.93. The zero-order valence-corrected chi connectivity index (χ0v) is 9.26. The van der Waals surface area contributed by atoms with Crippen LogP contribution in [0.15, 0.2) is 18.2 Å². The first kappa shape index (κ1) is 7.37. The largest absolute Gasteiger partial charge is 0.496 e. The molecule has 0 N–H and O–H groups in total. The summed E-state index contributed by atoms with van der Waals surface area (Å²) in [5.41, 5.74) is 3.29. The molecule has 0 amide bonds. The normalized spacial score (nSPS) is 59.6. The van der Waals surface area contributed by atoms with E-state index in [-0.39, 0.29) is 0 Å². The molecule has 4 fully saturated rings. The topological polar surface area (TPSA) is 9.23 Å². The Balaban J connectivity index is 1.69. The Hall–Kier alpha value is -0.980. The monoisotopic (exact) mass is 210 g/mol. The quantitative estimate of drug-likeness (QED) is 0.692. The van der Waals surface area contributed by atoms with E-state index in [2.05, 4.69) is 18.2 Å². The second kappa shape index (κ2) is 1.83. The maximum Gasteiger partial charge on any atom is 0.122 e. The summed E-state index contributed by atoms with van der Waals surface area (Å²) in [7, 11) is 1.83. The Morgan fingerprint density at radius 3 is 2.25 bits per heavy atom. The van der Waals surface area contributed by atoms with Crippen LogP contribution in [0.5, 0.6) is 5.75 Å². The lowest BCUT2D eigenvalue weighted by atomic mass is 9.11. The number of rotatable bonds is 1. The molecule has 80 valence electrons. The summed E-state index contributed by atoms with van der Waals surface area (Å²) in [6, 6.07) is 6.74. The molecule has 0 aliphatic heterocycles. The molecule has 0 heterocycles. The Kier molecular flexibility index (Phi) is 0.843. The number of ether oxygens (including phenoxy) is 1. The lowest BCUT2D eigenvalue weighted by Crippen LogP contribution is -2.87. The van der Waals surface area contributed by atoms with E-state index >= 15 is 0 Å². The SMILES string of the molecule is COc1cccc2c1C1[C@H]3C4C5[C@H]3C2[C@@H]5[C@@H]14. The Bertz CT molecular complexity index is 528. The van der Waals surface area contributed by atoms with E-state index in [9.17, 15) is 0 Å². The number of methoxy groups -OCH3 is 1. The molecule has 2 bridgehead atoms. The minimum absolute atomic E-state index is 0.904. The first-order valence-electron chi connectivity index (χ1n) is 6.60. The van der Waals surface area contributed by atoms with Gasteiger partial charge in [0.25, 0.3) is 0 Å². The van der Waals surface area contributed by atoms with E-state index in [4.69, 9.17) is 4.74 Å². The van der Waals surface area contributed by atoms with Crippen LogP contribution in [0.3, 0.4) is 0 Å². The van der Waals surface area contributed by atoms with Gasteiger partial charge in [-0.3, -0.25) is 0 Å². The van der Waals surface area contributed by atoms with Crippen LogP contribution in [0.1, 0.15) is 23.0 Å². The highest BCUT2D eigenvalue weighted by atomic mass is 16.5. The van der Waals surface area contributed by atoms with E-state index in [1.54, 1.807) is 11.1 Å². The average Bonchev–Trinajstić information content (AvgIpc) is 2.29. The van der Waals surface area contributed by atoms with Crippen molar-refractivity contribution in [3.8, 4) is 5.75 Å². The van der Waals surface area contributed by atoms with Crippen LogP contribution < -0.4 is 4.74 Å². The van der Waals surface area contributed by atoms with Crippen LogP contribution >= 0.6 is 0 Å². The van der Waals surface area contributed by atoms with Crippen molar-refractivity contribution in [1.82, 2.24) is 0 Å². The van der Waals surface area contributed by atoms with Crippen LogP contribution in [-0.2, 0) is 0 Å². The minimum Gasteiger partial charge on any atom is -0.496 e. The molecule has 8 atom stereocenters. The molecule has 1 aromatic rings. The highest BCUT2D eigenvalue weighted by molar-refractivity contribution is 5.59. The molecular weight excluding hydrogens is 196 g/mol. The van der Waals surface area contributed by atoms with Gasteiger partial charge in [0.05, 0.1) is 7.11 Å². The van der Waals surface area contributed by atoms with Gasteiger partial charge in [0.1, 0.15) is 5.75 Å². The van der Waals surface area contributed by atoms with Crippen LogP contribution in [0.4, 0.5) is 0 Å². The van der Waals surface area contributed by atoms with E-state index in [1.807, 2.05) is 7.11 Å². The molecule has 1 heteroatoms. The first-order valence-corrected chi connectivity index (χ1v) is 6.60. The Labute approximate surface area is 94.8 Å². The van der Waals surface area contributed by atoms with Crippen molar-refractivity contribution in [2.75, 3.05) is 7.11 Å². The predicted octanol–water partition coefficient (Wildman–Crippen LogP) is 2.63. The molecule has 0 aromatic heterocycles. The van der Waals surface area contributed by atoms with Crippen LogP contribution in [0.2, 0.25) is 0 Å². The van der Waals surface area contributed by atoms with E-state index in [0.717, 1.165) is 41.4 Å². The fraction of sp³-hybridized carbons (Fsp3) is 0.600. The predicted molar refractivity (Wildman–Crippen MR) is 59.4 cm³/mol.